The molecule has 0 spiro atoms. The minimum Gasteiger partial charge on any atom is -0.324 e. The Morgan fingerprint density at radius 2 is 1.82 bits per heavy atom. The summed E-state index contributed by atoms with van der Waals surface area (Å²) in [5.74, 6) is 0.423. The van der Waals surface area contributed by atoms with Gasteiger partial charge in [0, 0.05) is 6.04 Å². The summed E-state index contributed by atoms with van der Waals surface area (Å²) >= 11 is 0. The van der Waals surface area contributed by atoms with Crippen molar-refractivity contribution in [2.45, 2.75) is 39.4 Å². The third-order valence-electron chi connectivity index (χ3n) is 2.72. The van der Waals surface area contributed by atoms with Crippen molar-refractivity contribution >= 4 is 0 Å². The van der Waals surface area contributed by atoms with Gasteiger partial charge in [-0.1, -0.05) is 19.9 Å². The van der Waals surface area contributed by atoms with Gasteiger partial charge >= 0.3 is 6.18 Å². The Morgan fingerprint density at radius 3 is 2.24 bits per heavy atom. The van der Waals surface area contributed by atoms with Gasteiger partial charge in [0.1, 0.15) is 0 Å². The Kier molecular flexibility index (Phi) is 4.20. The van der Waals surface area contributed by atoms with E-state index in [1.165, 1.54) is 6.07 Å². The number of halogens is 3. The molecule has 0 saturated heterocycles. The molecule has 17 heavy (non-hydrogen) atoms. The van der Waals surface area contributed by atoms with Crippen LogP contribution in [0.2, 0.25) is 0 Å². The average Bonchev–Trinajstić information content (AvgIpc) is 2.14. The minimum absolute atomic E-state index is 0.197. The van der Waals surface area contributed by atoms with Crippen molar-refractivity contribution in [3.05, 3.63) is 34.9 Å². The molecule has 4 heteroatoms. The molecule has 1 atom stereocenters. The summed E-state index contributed by atoms with van der Waals surface area (Å²) in [6.45, 7) is 5.75. The fraction of sp³-hybridized carbons (Fsp3) is 0.538. The highest BCUT2D eigenvalue weighted by Crippen LogP contribution is 2.32. The predicted molar refractivity (Wildman–Crippen MR) is 62.6 cm³/mol. The van der Waals surface area contributed by atoms with E-state index in [0.717, 1.165) is 24.1 Å². The van der Waals surface area contributed by atoms with Gasteiger partial charge in [-0.25, -0.2) is 0 Å². The fourth-order valence-corrected chi connectivity index (χ4v) is 1.90. The zero-order valence-corrected chi connectivity index (χ0v) is 10.3. The number of rotatable bonds is 3. The van der Waals surface area contributed by atoms with E-state index in [-0.39, 0.29) is 6.04 Å². The van der Waals surface area contributed by atoms with Crippen LogP contribution in [0.4, 0.5) is 13.2 Å². The molecule has 1 aromatic carbocycles. The number of alkyl halides is 3. The molecule has 1 nitrogen and oxygen atoms in total. The van der Waals surface area contributed by atoms with Crippen LogP contribution in [0.25, 0.3) is 0 Å². The van der Waals surface area contributed by atoms with Gasteiger partial charge in [-0.2, -0.15) is 13.2 Å². The van der Waals surface area contributed by atoms with Crippen LogP contribution in [-0.2, 0) is 6.18 Å². The highest BCUT2D eigenvalue weighted by Gasteiger charge is 2.30. The molecular weight excluding hydrogens is 227 g/mol. The number of hydrogen-bond acceptors (Lipinski definition) is 1. The molecular formula is C13H18F3N. The van der Waals surface area contributed by atoms with E-state index in [9.17, 15) is 13.2 Å². The maximum atomic E-state index is 12.5. The van der Waals surface area contributed by atoms with Crippen molar-refractivity contribution in [3.63, 3.8) is 0 Å². The van der Waals surface area contributed by atoms with Gasteiger partial charge < -0.3 is 5.73 Å². The van der Waals surface area contributed by atoms with Crippen LogP contribution in [-0.4, -0.2) is 0 Å². The Morgan fingerprint density at radius 1 is 1.24 bits per heavy atom. The lowest BCUT2D eigenvalue weighted by Crippen LogP contribution is -2.15. The zero-order chi connectivity index (χ0) is 13.2. The topological polar surface area (TPSA) is 26.0 Å². The quantitative estimate of drug-likeness (QED) is 0.853. The van der Waals surface area contributed by atoms with Gasteiger partial charge in [-0.05, 0) is 42.5 Å². The van der Waals surface area contributed by atoms with Crippen LogP contribution in [0.5, 0.6) is 0 Å². The van der Waals surface area contributed by atoms with Crippen LogP contribution in [0.15, 0.2) is 18.2 Å². The molecule has 0 aliphatic carbocycles. The first-order chi connectivity index (χ1) is 7.71. The first kappa shape index (κ1) is 14.0. The van der Waals surface area contributed by atoms with E-state index in [2.05, 4.69) is 0 Å². The molecule has 0 amide bonds. The van der Waals surface area contributed by atoms with Gasteiger partial charge in [-0.3, -0.25) is 0 Å². The largest absolute Gasteiger partial charge is 0.416 e. The van der Waals surface area contributed by atoms with Crippen molar-refractivity contribution < 1.29 is 13.2 Å². The molecule has 1 aromatic rings. The van der Waals surface area contributed by atoms with Crippen LogP contribution in [0.1, 0.15) is 43.0 Å². The van der Waals surface area contributed by atoms with Gasteiger partial charge in [0.15, 0.2) is 0 Å². The minimum atomic E-state index is -4.29. The Hall–Kier alpha value is -1.03. The van der Waals surface area contributed by atoms with E-state index in [0.29, 0.717) is 11.5 Å². The van der Waals surface area contributed by atoms with Gasteiger partial charge in [0.25, 0.3) is 0 Å². The fourth-order valence-electron chi connectivity index (χ4n) is 1.90. The summed E-state index contributed by atoms with van der Waals surface area (Å²) in [5.41, 5.74) is 6.76. The second-order valence-electron chi connectivity index (χ2n) is 4.81. The third kappa shape index (κ3) is 3.73. The number of benzene rings is 1. The van der Waals surface area contributed by atoms with Gasteiger partial charge in [0.05, 0.1) is 5.56 Å². The number of aryl methyl sites for hydroxylation is 1. The maximum Gasteiger partial charge on any atom is 0.416 e. The molecule has 0 radical (unpaired) electrons. The molecule has 0 aromatic heterocycles. The normalized spacial score (nSPS) is 14.1. The summed E-state index contributed by atoms with van der Waals surface area (Å²) in [4.78, 5) is 0. The summed E-state index contributed by atoms with van der Waals surface area (Å²) in [7, 11) is 0. The van der Waals surface area contributed by atoms with Gasteiger partial charge in [-0.15, -0.1) is 0 Å². The molecule has 96 valence electrons. The molecule has 0 fully saturated rings. The van der Waals surface area contributed by atoms with Crippen molar-refractivity contribution in [1.29, 1.82) is 0 Å². The van der Waals surface area contributed by atoms with Crippen molar-refractivity contribution in [2.24, 2.45) is 11.7 Å². The lowest BCUT2D eigenvalue weighted by atomic mass is 9.93. The molecule has 0 aliphatic rings. The standard InChI is InChI=1S/C13H18F3N/c1-8(2)6-12(17)11-5-4-10(7-9(11)3)13(14,15)16/h4-5,7-8,12H,6,17H2,1-3H3. The van der Waals surface area contributed by atoms with E-state index < -0.39 is 11.7 Å². The first-order valence-corrected chi connectivity index (χ1v) is 5.65. The summed E-state index contributed by atoms with van der Waals surface area (Å²) in [6.07, 6.45) is -3.52. The Balaban J connectivity index is 2.98. The summed E-state index contributed by atoms with van der Waals surface area (Å²) in [5, 5.41) is 0. The number of hydrogen-bond donors (Lipinski definition) is 1. The van der Waals surface area contributed by atoms with Crippen LogP contribution >= 0.6 is 0 Å². The van der Waals surface area contributed by atoms with E-state index in [1.54, 1.807) is 6.92 Å². The molecule has 0 aliphatic heterocycles. The second-order valence-corrected chi connectivity index (χ2v) is 4.81. The SMILES string of the molecule is Cc1cc(C(F)(F)F)ccc1C(N)CC(C)C. The molecule has 1 unspecified atom stereocenters. The molecule has 0 bridgehead atoms. The van der Waals surface area contributed by atoms with Crippen LogP contribution in [0.3, 0.4) is 0 Å². The summed E-state index contributed by atoms with van der Waals surface area (Å²) < 4.78 is 37.4. The smallest absolute Gasteiger partial charge is 0.324 e. The maximum absolute atomic E-state index is 12.5. The Bertz CT molecular complexity index is 383. The van der Waals surface area contributed by atoms with Crippen molar-refractivity contribution in [3.8, 4) is 0 Å². The first-order valence-electron chi connectivity index (χ1n) is 5.65. The second kappa shape index (κ2) is 5.08. The van der Waals surface area contributed by atoms with Gasteiger partial charge in [0.2, 0.25) is 0 Å². The van der Waals surface area contributed by atoms with Crippen LogP contribution < -0.4 is 5.73 Å². The highest BCUT2D eigenvalue weighted by atomic mass is 19.4. The van der Waals surface area contributed by atoms with Crippen LogP contribution in [0, 0.1) is 12.8 Å². The highest BCUT2D eigenvalue weighted by molar-refractivity contribution is 5.34. The monoisotopic (exact) mass is 245 g/mol. The molecule has 0 heterocycles. The molecule has 2 N–H and O–H groups in total. The van der Waals surface area contributed by atoms with E-state index in [4.69, 9.17) is 5.73 Å². The lowest BCUT2D eigenvalue weighted by Gasteiger charge is -2.18. The molecule has 1 rings (SSSR count). The average molecular weight is 245 g/mol. The summed E-state index contributed by atoms with van der Waals surface area (Å²) in [6, 6.07) is 3.56. The van der Waals surface area contributed by atoms with Crippen molar-refractivity contribution in [1.82, 2.24) is 0 Å². The Labute approximate surface area is 99.8 Å². The predicted octanol–water partition coefficient (Wildman–Crippen LogP) is 4.06. The molecule has 0 saturated carbocycles. The third-order valence-corrected chi connectivity index (χ3v) is 2.72. The van der Waals surface area contributed by atoms with E-state index in [1.807, 2.05) is 13.8 Å². The lowest BCUT2D eigenvalue weighted by molar-refractivity contribution is -0.137. The van der Waals surface area contributed by atoms with E-state index >= 15 is 0 Å². The zero-order valence-electron chi connectivity index (χ0n) is 10.3. The number of nitrogens with two attached hydrogens (primary N) is 1. The van der Waals surface area contributed by atoms with Crippen molar-refractivity contribution in [2.75, 3.05) is 0 Å².